The zero-order valence-corrected chi connectivity index (χ0v) is 12.4. The van der Waals surface area contributed by atoms with Crippen LogP contribution in [-0.2, 0) is 9.53 Å². The van der Waals surface area contributed by atoms with Gasteiger partial charge in [-0.05, 0) is 31.0 Å². The standard InChI is InChI=1S/C15H24N2O3/c1-12(13-5-7-14(20-3)8-6-13)17-11-15(18)16-9-4-10-19-2/h5-8,12,17H,4,9-11H2,1-3H3,(H,16,18)/t12-/m1/s1. The lowest BCUT2D eigenvalue weighted by Gasteiger charge is -2.14. The Labute approximate surface area is 120 Å². The SMILES string of the molecule is COCCCNC(=O)CN[C@H](C)c1ccc(OC)cc1. The van der Waals surface area contributed by atoms with Crippen LogP contribution in [0.4, 0.5) is 0 Å². The van der Waals surface area contributed by atoms with E-state index in [4.69, 9.17) is 9.47 Å². The molecular weight excluding hydrogens is 256 g/mol. The molecule has 0 saturated heterocycles. The number of ether oxygens (including phenoxy) is 2. The lowest BCUT2D eigenvalue weighted by atomic mass is 10.1. The summed E-state index contributed by atoms with van der Waals surface area (Å²) in [4.78, 5) is 11.6. The van der Waals surface area contributed by atoms with E-state index in [2.05, 4.69) is 10.6 Å². The summed E-state index contributed by atoms with van der Waals surface area (Å²) in [5.41, 5.74) is 1.12. The van der Waals surface area contributed by atoms with E-state index < -0.39 is 0 Å². The van der Waals surface area contributed by atoms with Crippen molar-refractivity contribution in [2.45, 2.75) is 19.4 Å². The summed E-state index contributed by atoms with van der Waals surface area (Å²) in [6, 6.07) is 7.93. The summed E-state index contributed by atoms with van der Waals surface area (Å²) < 4.78 is 10.0. The van der Waals surface area contributed by atoms with Gasteiger partial charge in [0.1, 0.15) is 5.75 Å². The molecule has 0 bridgehead atoms. The van der Waals surface area contributed by atoms with Crippen LogP contribution in [0.2, 0.25) is 0 Å². The Morgan fingerprint density at radius 2 is 1.95 bits per heavy atom. The van der Waals surface area contributed by atoms with E-state index >= 15 is 0 Å². The fourth-order valence-electron chi connectivity index (χ4n) is 1.76. The lowest BCUT2D eigenvalue weighted by molar-refractivity contribution is -0.120. The first kappa shape index (κ1) is 16.5. The number of hydrogen-bond donors (Lipinski definition) is 2. The summed E-state index contributed by atoms with van der Waals surface area (Å²) in [7, 11) is 3.30. The normalized spacial score (nSPS) is 11.9. The zero-order chi connectivity index (χ0) is 14.8. The topological polar surface area (TPSA) is 59.6 Å². The Hall–Kier alpha value is -1.59. The summed E-state index contributed by atoms with van der Waals surface area (Å²) in [6.45, 7) is 3.64. The Morgan fingerprint density at radius 1 is 1.25 bits per heavy atom. The Kier molecular flexibility index (Phi) is 7.69. The molecule has 1 amide bonds. The Morgan fingerprint density at radius 3 is 2.55 bits per heavy atom. The molecule has 0 unspecified atom stereocenters. The van der Waals surface area contributed by atoms with E-state index in [0.717, 1.165) is 17.7 Å². The van der Waals surface area contributed by atoms with Crippen molar-refractivity contribution in [3.05, 3.63) is 29.8 Å². The highest BCUT2D eigenvalue weighted by Gasteiger charge is 2.07. The summed E-state index contributed by atoms with van der Waals surface area (Å²) in [6.07, 6.45) is 0.830. The highest BCUT2D eigenvalue weighted by atomic mass is 16.5. The third-order valence-corrected chi connectivity index (χ3v) is 3.03. The highest BCUT2D eigenvalue weighted by molar-refractivity contribution is 5.77. The van der Waals surface area contributed by atoms with Crippen LogP contribution in [0.25, 0.3) is 0 Å². The third-order valence-electron chi connectivity index (χ3n) is 3.03. The first-order valence-electron chi connectivity index (χ1n) is 6.80. The fourth-order valence-corrected chi connectivity index (χ4v) is 1.76. The fraction of sp³-hybridized carbons (Fsp3) is 0.533. The molecule has 0 aliphatic heterocycles. The highest BCUT2D eigenvalue weighted by Crippen LogP contribution is 2.16. The molecule has 1 atom stereocenters. The summed E-state index contributed by atoms with van der Waals surface area (Å²) >= 11 is 0. The first-order chi connectivity index (χ1) is 9.67. The molecule has 112 valence electrons. The van der Waals surface area contributed by atoms with Crippen molar-refractivity contribution in [1.29, 1.82) is 0 Å². The number of carbonyl (C=O) groups excluding carboxylic acids is 1. The maximum absolute atomic E-state index is 11.6. The van der Waals surface area contributed by atoms with E-state index in [-0.39, 0.29) is 11.9 Å². The first-order valence-corrected chi connectivity index (χ1v) is 6.80. The minimum atomic E-state index is 0.00136. The van der Waals surface area contributed by atoms with E-state index in [1.165, 1.54) is 0 Å². The number of hydrogen-bond acceptors (Lipinski definition) is 4. The van der Waals surface area contributed by atoms with Gasteiger partial charge in [0, 0.05) is 26.3 Å². The second-order valence-electron chi connectivity index (χ2n) is 4.57. The van der Waals surface area contributed by atoms with Crippen molar-refractivity contribution < 1.29 is 14.3 Å². The third kappa shape index (κ3) is 6.04. The largest absolute Gasteiger partial charge is 0.497 e. The molecule has 0 fully saturated rings. The van der Waals surface area contributed by atoms with Crippen molar-refractivity contribution in [2.75, 3.05) is 33.9 Å². The minimum absolute atomic E-state index is 0.00136. The van der Waals surface area contributed by atoms with Crippen LogP contribution in [0.3, 0.4) is 0 Å². The molecule has 0 aromatic heterocycles. The average Bonchev–Trinajstić information content (AvgIpc) is 2.49. The van der Waals surface area contributed by atoms with Gasteiger partial charge in [0.15, 0.2) is 0 Å². The molecule has 0 aliphatic carbocycles. The smallest absolute Gasteiger partial charge is 0.233 e. The molecule has 0 spiro atoms. The monoisotopic (exact) mass is 280 g/mol. The molecule has 0 saturated carbocycles. The summed E-state index contributed by atoms with van der Waals surface area (Å²) in [5, 5.41) is 6.03. The minimum Gasteiger partial charge on any atom is -0.497 e. The quantitative estimate of drug-likeness (QED) is 0.673. The van der Waals surface area contributed by atoms with E-state index in [1.54, 1.807) is 14.2 Å². The van der Waals surface area contributed by atoms with Gasteiger partial charge < -0.3 is 20.1 Å². The van der Waals surface area contributed by atoms with Gasteiger partial charge in [-0.25, -0.2) is 0 Å². The van der Waals surface area contributed by atoms with Gasteiger partial charge in [0.05, 0.1) is 13.7 Å². The Bertz CT molecular complexity index is 393. The van der Waals surface area contributed by atoms with E-state index in [1.807, 2.05) is 31.2 Å². The number of amides is 1. The molecule has 0 aliphatic rings. The van der Waals surface area contributed by atoms with E-state index in [9.17, 15) is 4.79 Å². The van der Waals surface area contributed by atoms with Gasteiger partial charge in [-0.2, -0.15) is 0 Å². The molecule has 1 aromatic carbocycles. The van der Waals surface area contributed by atoms with Crippen molar-refractivity contribution in [3.63, 3.8) is 0 Å². The number of carbonyl (C=O) groups is 1. The van der Waals surface area contributed by atoms with Crippen molar-refractivity contribution in [2.24, 2.45) is 0 Å². The van der Waals surface area contributed by atoms with Crippen LogP contribution in [0.1, 0.15) is 24.9 Å². The van der Waals surface area contributed by atoms with Crippen molar-refractivity contribution >= 4 is 5.91 Å². The van der Waals surface area contributed by atoms with Crippen LogP contribution < -0.4 is 15.4 Å². The molecule has 2 N–H and O–H groups in total. The molecule has 20 heavy (non-hydrogen) atoms. The number of methoxy groups -OCH3 is 2. The average molecular weight is 280 g/mol. The molecule has 1 rings (SSSR count). The van der Waals surface area contributed by atoms with Gasteiger partial charge in [0.2, 0.25) is 5.91 Å². The van der Waals surface area contributed by atoms with Gasteiger partial charge >= 0.3 is 0 Å². The van der Waals surface area contributed by atoms with Gasteiger partial charge in [-0.15, -0.1) is 0 Å². The number of benzene rings is 1. The van der Waals surface area contributed by atoms with Crippen LogP contribution >= 0.6 is 0 Å². The molecule has 0 radical (unpaired) electrons. The molecular formula is C15H24N2O3. The predicted molar refractivity (Wildman–Crippen MR) is 78.9 cm³/mol. The molecule has 5 nitrogen and oxygen atoms in total. The molecule has 5 heteroatoms. The lowest BCUT2D eigenvalue weighted by Crippen LogP contribution is -2.35. The van der Waals surface area contributed by atoms with Crippen molar-refractivity contribution in [1.82, 2.24) is 10.6 Å². The van der Waals surface area contributed by atoms with Crippen LogP contribution in [0.15, 0.2) is 24.3 Å². The van der Waals surface area contributed by atoms with E-state index in [0.29, 0.717) is 19.7 Å². The maximum atomic E-state index is 11.6. The number of rotatable bonds is 9. The molecule has 1 aromatic rings. The zero-order valence-electron chi connectivity index (χ0n) is 12.4. The Balaban J connectivity index is 2.27. The maximum Gasteiger partial charge on any atom is 0.233 e. The van der Waals surface area contributed by atoms with Crippen LogP contribution in [-0.4, -0.2) is 39.8 Å². The summed E-state index contributed by atoms with van der Waals surface area (Å²) in [5.74, 6) is 0.832. The van der Waals surface area contributed by atoms with Crippen molar-refractivity contribution in [3.8, 4) is 5.75 Å². The van der Waals surface area contributed by atoms with Crippen LogP contribution in [0.5, 0.6) is 5.75 Å². The number of nitrogens with one attached hydrogen (secondary N) is 2. The van der Waals surface area contributed by atoms with Gasteiger partial charge in [-0.1, -0.05) is 12.1 Å². The van der Waals surface area contributed by atoms with Crippen LogP contribution in [0, 0.1) is 0 Å². The second kappa shape index (κ2) is 9.34. The van der Waals surface area contributed by atoms with Gasteiger partial charge in [-0.3, -0.25) is 4.79 Å². The van der Waals surface area contributed by atoms with Gasteiger partial charge in [0.25, 0.3) is 0 Å². The second-order valence-corrected chi connectivity index (χ2v) is 4.57. The molecule has 0 heterocycles. The predicted octanol–water partition coefficient (Wildman–Crippen LogP) is 1.50.